The number of hydrogen-bond acceptors (Lipinski definition) is 13. The molecule has 5 rings (SSSR count). The SMILES string of the molecule is C.C.C.C.C.C.C.C.C.C.C.C.C.C.C.C.C.C.C.C.C.C.C.C.C.C.C.C.C.C.C.C.C.C#CCC.CCC#Cc1ccc(F)cc1O[C@H](C)CO.CCCCc1ccc(F)cc1O[C@H](C)CO.COC(=O)[C@@H](C)Oc1cc(F)ccc1Br.COC(=O)[C@H](C)O.C[C@H](CO)Oc1cc(F)ccc1Br.Oc1cc(F)ccc1Br. The molecule has 0 bridgehead atoms. The van der Waals surface area contributed by atoms with Crippen molar-refractivity contribution >= 4 is 59.7 Å². The molecule has 5 atom stereocenters. The van der Waals surface area contributed by atoms with Gasteiger partial charge in [-0.25, -0.2) is 31.5 Å². The van der Waals surface area contributed by atoms with Crippen molar-refractivity contribution in [1.29, 1.82) is 0 Å². The van der Waals surface area contributed by atoms with Crippen LogP contribution < -0.4 is 18.9 Å². The summed E-state index contributed by atoms with van der Waals surface area (Å²) < 4.78 is 95.6. The molecule has 0 aliphatic heterocycles. The van der Waals surface area contributed by atoms with Gasteiger partial charge >= 0.3 is 11.9 Å². The lowest BCUT2D eigenvalue weighted by Gasteiger charge is -2.15. The van der Waals surface area contributed by atoms with E-state index in [2.05, 4.69) is 81.9 Å². The second-order valence-corrected chi connectivity index (χ2v) is 18.8. The minimum Gasteiger partial charge on any atom is -0.507 e. The van der Waals surface area contributed by atoms with Crippen LogP contribution in [0.5, 0.6) is 28.7 Å². The smallest absolute Gasteiger partial charge is 0.346 e. The maximum absolute atomic E-state index is 13.1. The molecule has 0 aliphatic rings. The molecule has 0 heterocycles. The van der Waals surface area contributed by atoms with Gasteiger partial charge in [0.25, 0.3) is 0 Å². The predicted octanol–water partition coefficient (Wildman–Crippen LogP) is 34.0. The summed E-state index contributed by atoms with van der Waals surface area (Å²) in [6.07, 6.45) is 6.60. The molecule has 5 aromatic rings. The lowest BCUT2D eigenvalue weighted by molar-refractivity contribution is -0.149. The van der Waals surface area contributed by atoms with E-state index in [1.165, 1.54) is 94.8 Å². The minimum atomic E-state index is -0.995. The molecule has 0 aliphatic carbocycles. The van der Waals surface area contributed by atoms with Gasteiger partial charge in [0, 0.05) is 43.2 Å². The molecule has 0 radical (unpaired) electrons. The molecule has 0 amide bonds. The van der Waals surface area contributed by atoms with Crippen LogP contribution in [0.25, 0.3) is 0 Å². The van der Waals surface area contributed by atoms with Gasteiger partial charge in [-0.3, -0.25) is 0 Å². The molecule has 13 nitrogen and oxygen atoms in total. The van der Waals surface area contributed by atoms with Crippen LogP contribution in [-0.2, 0) is 25.5 Å². The number of ether oxygens (including phenoxy) is 6. The van der Waals surface area contributed by atoms with Crippen LogP contribution >= 0.6 is 47.8 Å². The van der Waals surface area contributed by atoms with E-state index in [-0.39, 0.29) is 312 Å². The van der Waals surface area contributed by atoms with Crippen LogP contribution in [0.3, 0.4) is 0 Å². The van der Waals surface area contributed by atoms with Crippen molar-refractivity contribution in [2.45, 2.75) is 363 Å². The lowest BCUT2D eigenvalue weighted by Crippen LogP contribution is -2.25. The second kappa shape index (κ2) is 138. The van der Waals surface area contributed by atoms with E-state index in [1.807, 2.05) is 13.8 Å². The van der Waals surface area contributed by atoms with Gasteiger partial charge in [0.05, 0.1) is 53.0 Å². The Balaban J connectivity index is -0.0000000185. The molecular formula is C92H204Br3F5O13. The Morgan fingerprint density at radius 3 is 0.956 bits per heavy atom. The molecular weight excluding hydrogens is 1650 g/mol. The number of aromatic hydroxyl groups is 1. The molecule has 706 valence electrons. The van der Waals surface area contributed by atoms with Gasteiger partial charge in [0.1, 0.15) is 82.2 Å². The molecule has 0 saturated carbocycles. The molecule has 113 heavy (non-hydrogen) atoms. The van der Waals surface area contributed by atoms with E-state index >= 15 is 0 Å². The van der Waals surface area contributed by atoms with Crippen LogP contribution in [-0.4, -0.2) is 102 Å². The number of rotatable bonds is 16. The van der Waals surface area contributed by atoms with E-state index in [9.17, 15) is 31.5 Å². The molecule has 0 fully saturated rings. The van der Waals surface area contributed by atoms with Gasteiger partial charge in [0.15, 0.2) is 6.10 Å². The number of methoxy groups -OCH3 is 2. The van der Waals surface area contributed by atoms with Crippen LogP contribution in [0.2, 0.25) is 0 Å². The number of aliphatic hydroxyl groups excluding tert-OH is 4. The van der Waals surface area contributed by atoms with Gasteiger partial charge in [-0.15, -0.1) is 12.3 Å². The van der Waals surface area contributed by atoms with Crippen molar-refractivity contribution in [2.24, 2.45) is 0 Å². The number of carbonyl (C=O) groups excluding carboxylic acids is 2. The zero-order valence-electron chi connectivity index (χ0n) is 46.3. The summed E-state index contributed by atoms with van der Waals surface area (Å²) >= 11 is 9.41. The molecule has 0 saturated heterocycles. The van der Waals surface area contributed by atoms with Gasteiger partial charge in [-0.05, 0) is 155 Å². The highest BCUT2D eigenvalue weighted by Crippen LogP contribution is 2.28. The fourth-order valence-electron chi connectivity index (χ4n) is 5.05. The number of aryl methyl sites for hydroxylation is 1. The maximum Gasteiger partial charge on any atom is 0.346 e. The maximum atomic E-state index is 13.1. The van der Waals surface area contributed by atoms with Gasteiger partial charge in [0.2, 0.25) is 0 Å². The van der Waals surface area contributed by atoms with Gasteiger partial charge in [-0.2, -0.15) is 0 Å². The first-order valence-electron chi connectivity index (χ1n) is 24.7. The summed E-state index contributed by atoms with van der Waals surface area (Å²) in [6, 6.07) is 20.7. The van der Waals surface area contributed by atoms with E-state index in [4.69, 9.17) is 50.9 Å². The van der Waals surface area contributed by atoms with E-state index in [1.54, 1.807) is 39.0 Å². The highest BCUT2D eigenvalue weighted by molar-refractivity contribution is 9.11. The van der Waals surface area contributed by atoms with Crippen molar-refractivity contribution < 1.29 is 85.5 Å². The fraction of sp³-hybridized carbons (Fsp3) is 0.609. The number of phenolic OH excluding ortho intramolecular Hbond substituents is 1. The van der Waals surface area contributed by atoms with Crippen LogP contribution in [0, 0.1) is 53.3 Å². The first-order valence-corrected chi connectivity index (χ1v) is 27.1. The number of terminal acetylenes is 1. The van der Waals surface area contributed by atoms with E-state index in [0.717, 1.165) is 43.7 Å². The van der Waals surface area contributed by atoms with Crippen molar-refractivity contribution in [3.8, 4) is 52.9 Å². The average Bonchev–Trinajstić information content (AvgIpc) is 3.43. The minimum absolute atomic E-state index is 0. The normalized spacial score (nSPS) is 8.19. The van der Waals surface area contributed by atoms with Crippen LogP contribution in [0.1, 0.15) is 337 Å². The average molecular weight is 1850 g/mol. The second-order valence-electron chi connectivity index (χ2n) is 16.3. The topological polar surface area (TPSA) is 191 Å². The number of unbranched alkanes of at least 4 members (excludes halogenated alkanes) is 1. The Kier molecular flexibility index (Phi) is 284. The monoisotopic (exact) mass is 1850 g/mol. The van der Waals surface area contributed by atoms with Crippen LogP contribution in [0.15, 0.2) is 104 Å². The lowest BCUT2D eigenvalue weighted by atomic mass is 10.1. The van der Waals surface area contributed by atoms with Gasteiger partial charge in [-0.1, -0.05) is 290 Å². The summed E-state index contributed by atoms with van der Waals surface area (Å²) in [6.45, 7) is 13.8. The summed E-state index contributed by atoms with van der Waals surface area (Å²) in [5, 5.41) is 43.7. The molecule has 5 aromatic carbocycles. The standard InChI is InChI=1S/C13H19FO2.C13H15FO2.C10H10BrFO3.C9H10BrFO2.C6H4BrFO.C4H8O3.C4H6.33CH4/c2*1-3-4-5-11-6-7-12(14)8-13(11)16-10(2)9-15;1-6(10(13)14-2)15-9-5-7(12)3-4-8(9)11;1-6(5-12)13-9-4-7(11)2-3-8(9)10;7-5-2-1-4(8)3-6(5)9;1-3(5)4(6)7-2;1-3-4-2;;;;;;;;;;;;;;;;;;;;;;;;;;;;;;;;;/h6-8,10,15H,3-5,9H2,1-2H3;6-8,10,15H,3,9H2,1-2H3;3-6H,1-2H3;2-4,6,12H,5H2,1H3;1-3,9H;3,5H,1-2H3;1H,4H2,2H3;33*1H4/t2*10-;2*6-;;3-;;;;;;;;;;;;;;;;;;;;;;;;;;;;;;;;;;/m1111.0................................../s1. The molecule has 5 N–H and O–H groups in total. The first-order chi connectivity index (χ1) is 37.8. The number of benzene rings is 5. The Hall–Kier alpha value is -5.91. The van der Waals surface area contributed by atoms with Crippen LogP contribution in [0.4, 0.5) is 22.0 Å². The Morgan fingerprint density at radius 1 is 0.407 bits per heavy atom. The van der Waals surface area contributed by atoms with Crippen molar-refractivity contribution in [1.82, 2.24) is 0 Å². The molecule has 0 spiro atoms. The Morgan fingerprint density at radius 2 is 0.681 bits per heavy atom. The largest absolute Gasteiger partial charge is 0.507 e. The molecule has 0 unspecified atom stereocenters. The highest BCUT2D eigenvalue weighted by Gasteiger charge is 2.17. The van der Waals surface area contributed by atoms with Crippen molar-refractivity contribution in [3.63, 3.8) is 0 Å². The third-order valence-electron chi connectivity index (χ3n) is 9.21. The third kappa shape index (κ3) is 110. The third-order valence-corrected chi connectivity index (χ3v) is 11.2. The van der Waals surface area contributed by atoms with Crippen molar-refractivity contribution in [3.05, 3.63) is 145 Å². The Labute approximate surface area is 735 Å². The summed E-state index contributed by atoms with van der Waals surface area (Å²) in [4.78, 5) is 21.1. The Bertz CT molecular complexity index is 2680. The number of hydrogen-bond donors (Lipinski definition) is 5. The summed E-state index contributed by atoms with van der Waals surface area (Å²) in [5.41, 5.74) is 1.65. The quantitative estimate of drug-likeness (QED) is 0.0357. The van der Waals surface area contributed by atoms with E-state index in [0.29, 0.717) is 36.2 Å². The number of aliphatic hydroxyl groups is 4. The zero-order valence-corrected chi connectivity index (χ0v) is 51.1. The number of carbonyl (C=O) groups is 2. The van der Waals surface area contributed by atoms with Crippen molar-refractivity contribution in [2.75, 3.05) is 34.0 Å². The predicted molar refractivity (Wildman–Crippen MR) is 531 cm³/mol. The number of esters is 2. The summed E-state index contributed by atoms with van der Waals surface area (Å²) in [5.74, 6) is 6.76. The first kappa shape index (κ1) is 232. The highest BCUT2D eigenvalue weighted by atomic mass is 79.9. The fourth-order valence-corrected chi connectivity index (χ4v) is 5.98. The molecule has 0 aromatic heterocycles. The van der Waals surface area contributed by atoms with E-state index < -0.39 is 35.8 Å². The summed E-state index contributed by atoms with van der Waals surface area (Å²) in [7, 11) is 2.50. The zero-order chi connectivity index (χ0) is 61.3. The number of phenols is 1. The van der Waals surface area contributed by atoms with Gasteiger partial charge < -0.3 is 54.0 Å². The molecule has 21 heteroatoms. The number of halogens is 8.